The number of fused-ring (bicyclic) bond motifs is 1. The van der Waals surface area contributed by atoms with Crippen molar-refractivity contribution >= 4 is 47.2 Å². The highest BCUT2D eigenvalue weighted by Crippen LogP contribution is 2.39. The smallest absolute Gasteiger partial charge is 0.229 e. The maximum atomic E-state index is 12.7. The summed E-state index contributed by atoms with van der Waals surface area (Å²) in [5, 5.41) is 7.59. The molecule has 0 amide bonds. The molecule has 0 unspecified atom stereocenters. The van der Waals surface area contributed by atoms with Crippen molar-refractivity contribution in [2.24, 2.45) is 0 Å². The molecular weight excluding hydrogens is 419 g/mol. The monoisotopic (exact) mass is 442 g/mol. The van der Waals surface area contributed by atoms with Crippen LogP contribution in [0.5, 0.6) is 5.75 Å². The summed E-state index contributed by atoms with van der Waals surface area (Å²) >= 11 is 6.34. The average molecular weight is 443 g/mol. The van der Waals surface area contributed by atoms with Gasteiger partial charge in [0.1, 0.15) is 17.9 Å². The second kappa shape index (κ2) is 8.29. The Morgan fingerprint density at radius 2 is 1.80 bits per heavy atom. The molecule has 0 saturated heterocycles. The van der Waals surface area contributed by atoms with Gasteiger partial charge in [-0.2, -0.15) is 4.98 Å². The molecule has 0 aliphatic heterocycles. The van der Waals surface area contributed by atoms with Crippen LogP contribution in [0.3, 0.4) is 0 Å². The lowest BCUT2D eigenvalue weighted by molar-refractivity contribution is 0.416. The molecule has 0 bridgehead atoms. The number of rotatable bonds is 6. The predicted molar refractivity (Wildman–Crippen MR) is 124 cm³/mol. The minimum absolute atomic E-state index is 0.373. The number of ether oxygens (including phenoxy) is 1. The van der Waals surface area contributed by atoms with E-state index in [2.05, 4.69) is 32.7 Å². The van der Waals surface area contributed by atoms with Crippen LogP contribution in [-0.4, -0.2) is 30.4 Å². The SMILES string of the molecule is COc1cc2c(cc1Nc1ncc(Cl)c(Nc3ccccc3P(C)(C)=O)n1)CCC2. The number of anilines is 4. The zero-order chi connectivity index (χ0) is 21.3. The number of nitrogens with one attached hydrogen (secondary N) is 2. The third-order valence-electron chi connectivity index (χ3n) is 5.14. The standard InChI is InChI=1S/C22H24ClN4O2P/c1-29-19-12-15-8-6-7-14(15)11-18(19)26-22-24-13-16(23)21(27-22)25-17-9-4-5-10-20(17)30(2,3)28/h4-5,9-13H,6-8H2,1-3H3,(H2,24,25,26,27). The van der Waals surface area contributed by atoms with E-state index in [0.717, 1.165) is 36.0 Å². The first-order chi connectivity index (χ1) is 14.3. The molecule has 4 rings (SSSR count). The molecule has 0 fully saturated rings. The van der Waals surface area contributed by atoms with Gasteiger partial charge in [-0.1, -0.05) is 23.7 Å². The van der Waals surface area contributed by atoms with E-state index in [1.165, 1.54) is 11.1 Å². The fourth-order valence-electron chi connectivity index (χ4n) is 3.68. The van der Waals surface area contributed by atoms with Crippen molar-refractivity contribution in [2.45, 2.75) is 19.3 Å². The molecule has 0 saturated carbocycles. The molecule has 0 radical (unpaired) electrons. The lowest BCUT2D eigenvalue weighted by Gasteiger charge is -2.16. The Kier molecular flexibility index (Phi) is 5.72. The summed E-state index contributed by atoms with van der Waals surface area (Å²) in [4.78, 5) is 8.86. The van der Waals surface area contributed by atoms with Crippen molar-refractivity contribution in [3.05, 3.63) is 58.7 Å². The molecule has 3 aromatic rings. The van der Waals surface area contributed by atoms with Crippen LogP contribution in [0.1, 0.15) is 17.5 Å². The number of benzene rings is 2. The van der Waals surface area contributed by atoms with Gasteiger partial charge in [0, 0.05) is 5.30 Å². The molecule has 0 atom stereocenters. The number of methoxy groups -OCH3 is 1. The highest BCUT2D eigenvalue weighted by Gasteiger charge is 2.18. The highest BCUT2D eigenvalue weighted by molar-refractivity contribution is 7.70. The van der Waals surface area contributed by atoms with Gasteiger partial charge in [0.05, 0.1) is 24.7 Å². The van der Waals surface area contributed by atoms with Crippen LogP contribution in [-0.2, 0) is 17.4 Å². The van der Waals surface area contributed by atoms with E-state index in [0.29, 0.717) is 22.5 Å². The van der Waals surface area contributed by atoms with Gasteiger partial charge in [-0.25, -0.2) is 4.98 Å². The summed E-state index contributed by atoms with van der Waals surface area (Å²) in [5.74, 6) is 1.59. The molecule has 1 aromatic heterocycles. The normalized spacial score (nSPS) is 13.1. The van der Waals surface area contributed by atoms with Crippen molar-refractivity contribution < 1.29 is 9.30 Å². The van der Waals surface area contributed by atoms with Gasteiger partial charge in [-0.15, -0.1) is 0 Å². The van der Waals surface area contributed by atoms with Crippen LogP contribution in [0.25, 0.3) is 0 Å². The summed E-state index contributed by atoms with van der Waals surface area (Å²) in [6.07, 6.45) is 4.84. The molecule has 156 valence electrons. The van der Waals surface area contributed by atoms with E-state index in [4.69, 9.17) is 16.3 Å². The molecular formula is C22H24ClN4O2P. The number of aryl methyl sites for hydroxylation is 2. The van der Waals surface area contributed by atoms with Crippen molar-refractivity contribution in [1.82, 2.24) is 9.97 Å². The van der Waals surface area contributed by atoms with Gasteiger partial charge in [0.15, 0.2) is 5.82 Å². The molecule has 0 spiro atoms. The van der Waals surface area contributed by atoms with Crippen LogP contribution in [0, 0.1) is 0 Å². The van der Waals surface area contributed by atoms with Gasteiger partial charge in [0.25, 0.3) is 0 Å². The Morgan fingerprint density at radius 1 is 1.07 bits per heavy atom. The second-order valence-corrected chi connectivity index (χ2v) is 11.3. The molecule has 30 heavy (non-hydrogen) atoms. The fraction of sp³-hybridized carbons (Fsp3) is 0.273. The Balaban J connectivity index is 1.65. The largest absolute Gasteiger partial charge is 0.495 e. The minimum atomic E-state index is -2.47. The lowest BCUT2D eigenvalue weighted by Crippen LogP contribution is -2.11. The van der Waals surface area contributed by atoms with Crippen molar-refractivity contribution in [1.29, 1.82) is 0 Å². The van der Waals surface area contributed by atoms with Gasteiger partial charge < -0.3 is 19.9 Å². The summed E-state index contributed by atoms with van der Waals surface area (Å²) in [6, 6.07) is 11.7. The van der Waals surface area contributed by atoms with E-state index in [-0.39, 0.29) is 0 Å². The van der Waals surface area contributed by atoms with E-state index in [1.54, 1.807) is 26.6 Å². The van der Waals surface area contributed by atoms with E-state index in [9.17, 15) is 4.57 Å². The number of nitrogens with zero attached hydrogens (tertiary/aromatic N) is 2. The minimum Gasteiger partial charge on any atom is -0.495 e. The first-order valence-corrected chi connectivity index (χ1v) is 12.7. The lowest BCUT2D eigenvalue weighted by atomic mass is 10.1. The number of halogens is 1. The third kappa shape index (κ3) is 4.30. The molecule has 1 aliphatic carbocycles. The van der Waals surface area contributed by atoms with Crippen molar-refractivity contribution in [3.8, 4) is 5.75 Å². The molecule has 2 aromatic carbocycles. The Bertz CT molecular complexity index is 1150. The average Bonchev–Trinajstić information content (AvgIpc) is 3.17. The number of hydrogen-bond acceptors (Lipinski definition) is 6. The molecule has 6 nitrogen and oxygen atoms in total. The zero-order valence-corrected chi connectivity index (χ0v) is 18.8. The summed E-state index contributed by atoms with van der Waals surface area (Å²) < 4.78 is 18.2. The first-order valence-electron chi connectivity index (χ1n) is 9.76. The Labute approximate surface area is 181 Å². The molecule has 2 N–H and O–H groups in total. The van der Waals surface area contributed by atoms with Crippen LogP contribution < -0.4 is 20.7 Å². The zero-order valence-electron chi connectivity index (χ0n) is 17.2. The van der Waals surface area contributed by atoms with E-state index < -0.39 is 7.14 Å². The Hall–Kier alpha value is -2.56. The molecule has 8 heteroatoms. The van der Waals surface area contributed by atoms with Gasteiger partial charge >= 0.3 is 0 Å². The highest BCUT2D eigenvalue weighted by atomic mass is 35.5. The fourth-order valence-corrected chi connectivity index (χ4v) is 4.97. The van der Waals surface area contributed by atoms with Gasteiger partial charge in [-0.3, -0.25) is 0 Å². The predicted octanol–water partition coefficient (Wildman–Crippen LogP) is 5.36. The quantitative estimate of drug-likeness (QED) is 0.500. The van der Waals surface area contributed by atoms with Gasteiger partial charge in [-0.05, 0) is 68.0 Å². The Morgan fingerprint density at radius 3 is 2.53 bits per heavy atom. The number of hydrogen-bond donors (Lipinski definition) is 2. The summed E-state index contributed by atoms with van der Waals surface area (Å²) in [7, 11) is -0.819. The second-order valence-electron chi connectivity index (χ2n) is 7.68. The van der Waals surface area contributed by atoms with Crippen LogP contribution in [0.4, 0.5) is 23.1 Å². The van der Waals surface area contributed by atoms with Crippen molar-refractivity contribution in [3.63, 3.8) is 0 Å². The maximum Gasteiger partial charge on any atom is 0.229 e. The first kappa shape index (κ1) is 20.7. The number of aromatic nitrogens is 2. The maximum absolute atomic E-state index is 12.7. The molecule has 1 heterocycles. The van der Waals surface area contributed by atoms with E-state index >= 15 is 0 Å². The summed E-state index contributed by atoms with van der Waals surface area (Å²) in [5.41, 5.74) is 4.18. The third-order valence-corrected chi connectivity index (χ3v) is 6.97. The summed E-state index contributed by atoms with van der Waals surface area (Å²) in [6.45, 7) is 3.48. The van der Waals surface area contributed by atoms with Crippen LogP contribution >= 0.6 is 18.7 Å². The van der Waals surface area contributed by atoms with Crippen molar-refractivity contribution in [2.75, 3.05) is 31.1 Å². The van der Waals surface area contributed by atoms with Crippen LogP contribution in [0.15, 0.2) is 42.6 Å². The van der Waals surface area contributed by atoms with Gasteiger partial charge in [0.2, 0.25) is 5.95 Å². The van der Waals surface area contributed by atoms with E-state index in [1.807, 2.05) is 24.3 Å². The topological polar surface area (TPSA) is 76.1 Å². The number of para-hydroxylation sites is 1. The van der Waals surface area contributed by atoms with Crippen LogP contribution in [0.2, 0.25) is 5.02 Å². The molecule has 1 aliphatic rings.